The Hall–Kier alpha value is -1.66. The lowest BCUT2D eigenvalue weighted by atomic mass is 10.2. The molecule has 0 atom stereocenters. The van der Waals surface area contributed by atoms with Crippen molar-refractivity contribution in [2.45, 2.75) is 0 Å². The van der Waals surface area contributed by atoms with Crippen LogP contribution >= 0.6 is 31.9 Å². The second kappa shape index (κ2) is 5.38. The van der Waals surface area contributed by atoms with Gasteiger partial charge in [-0.15, -0.1) is 0 Å². The summed E-state index contributed by atoms with van der Waals surface area (Å²) in [5.74, 6) is 1.15. The standard InChI is InChI=1S/C14H9Br2N3O/c15-8-6-10(16)14(19-7-8)20-12-4-3-11(17)13-9(12)2-1-5-18-13/h1-7H,17H2. The number of ether oxygens (including phenoxy) is 1. The Morgan fingerprint density at radius 1 is 1.10 bits per heavy atom. The van der Waals surface area contributed by atoms with Crippen LogP contribution in [0.4, 0.5) is 5.69 Å². The average Bonchev–Trinajstić information content (AvgIpc) is 2.45. The van der Waals surface area contributed by atoms with Gasteiger partial charge in [0.25, 0.3) is 0 Å². The number of benzene rings is 1. The molecule has 0 unspecified atom stereocenters. The maximum Gasteiger partial charge on any atom is 0.233 e. The van der Waals surface area contributed by atoms with Gasteiger partial charge in [0.05, 0.1) is 15.7 Å². The molecule has 1 aromatic carbocycles. The molecular weight excluding hydrogens is 386 g/mol. The van der Waals surface area contributed by atoms with Crippen LogP contribution in [0.15, 0.2) is 51.7 Å². The van der Waals surface area contributed by atoms with Gasteiger partial charge in [-0.05, 0) is 62.2 Å². The van der Waals surface area contributed by atoms with Crippen molar-refractivity contribution in [1.29, 1.82) is 0 Å². The summed E-state index contributed by atoms with van der Waals surface area (Å²) in [7, 11) is 0. The van der Waals surface area contributed by atoms with Crippen LogP contribution < -0.4 is 10.5 Å². The second-order valence-corrected chi connectivity index (χ2v) is 5.87. The fourth-order valence-corrected chi connectivity index (χ4v) is 2.91. The highest BCUT2D eigenvalue weighted by Gasteiger charge is 2.10. The minimum atomic E-state index is 0.489. The van der Waals surface area contributed by atoms with Crippen molar-refractivity contribution < 1.29 is 4.74 Å². The topological polar surface area (TPSA) is 61.0 Å². The number of aromatic nitrogens is 2. The third-order valence-corrected chi connectivity index (χ3v) is 3.74. The summed E-state index contributed by atoms with van der Waals surface area (Å²) in [4.78, 5) is 8.51. The molecule has 0 aliphatic carbocycles. The van der Waals surface area contributed by atoms with Crippen LogP contribution in [0.3, 0.4) is 0 Å². The highest BCUT2D eigenvalue weighted by molar-refractivity contribution is 9.11. The zero-order valence-corrected chi connectivity index (χ0v) is 13.3. The molecule has 20 heavy (non-hydrogen) atoms. The largest absolute Gasteiger partial charge is 0.437 e. The first-order chi connectivity index (χ1) is 9.65. The van der Waals surface area contributed by atoms with Gasteiger partial charge in [-0.1, -0.05) is 0 Å². The van der Waals surface area contributed by atoms with E-state index in [1.54, 1.807) is 18.5 Å². The Morgan fingerprint density at radius 2 is 1.95 bits per heavy atom. The molecule has 3 aromatic rings. The molecule has 100 valence electrons. The molecule has 0 spiro atoms. The van der Waals surface area contributed by atoms with Crippen molar-refractivity contribution in [2.24, 2.45) is 0 Å². The molecule has 3 rings (SSSR count). The zero-order chi connectivity index (χ0) is 14.1. The zero-order valence-electron chi connectivity index (χ0n) is 10.2. The molecule has 0 aliphatic rings. The van der Waals surface area contributed by atoms with Crippen molar-refractivity contribution in [3.05, 3.63) is 51.7 Å². The maximum absolute atomic E-state index is 5.92. The van der Waals surface area contributed by atoms with Crippen LogP contribution in [-0.2, 0) is 0 Å². The van der Waals surface area contributed by atoms with E-state index in [4.69, 9.17) is 10.5 Å². The first-order valence-corrected chi connectivity index (χ1v) is 7.36. The normalized spacial score (nSPS) is 10.7. The number of halogens is 2. The maximum atomic E-state index is 5.92. The molecule has 0 fully saturated rings. The van der Waals surface area contributed by atoms with Gasteiger partial charge in [-0.2, -0.15) is 0 Å². The van der Waals surface area contributed by atoms with E-state index in [-0.39, 0.29) is 0 Å². The monoisotopic (exact) mass is 393 g/mol. The van der Waals surface area contributed by atoms with Crippen LogP contribution in [0.1, 0.15) is 0 Å². The molecule has 0 aliphatic heterocycles. The van der Waals surface area contributed by atoms with Gasteiger partial charge in [0.2, 0.25) is 5.88 Å². The molecule has 2 N–H and O–H groups in total. The number of rotatable bonds is 2. The SMILES string of the molecule is Nc1ccc(Oc2ncc(Br)cc2Br)c2cccnc12. The van der Waals surface area contributed by atoms with E-state index in [0.717, 1.165) is 19.8 Å². The number of nitrogens with zero attached hydrogens (tertiary/aromatic N) is 2. The van der Waals surface area contributed by atoms with Crippen molar-refractivity contribution in [2.75, 3.05) is 5.73 Å². The van der Waals surface area contributed by atoms with Gasteiger partial charge < -0.3 is 10.5 Å². The molecule has 4 nitrogen and oxygen atoms in total. The lowest BCUT2D eigenvalue weighted by Gasteiger charge is -2.10. The number of pyridine rings is 2. The minimum absolute atomic E-state index is 0.489. The molecule has 6 heteroatoms. The highest BCUT2D eigenvalue weighted by atomic mass is 79.9. The van der Waals surface area contributed by atoms with Gasteiger partial charge in [0.1, 0.15) is 5.75 Å². The predicted molar refractivity (Wildman–Crippen MR) is 85.9 cm³/mol. The summed E-state index contributed by atoms with van der Waals surface area (Å²) in [6.07, 6.45) is 3.38. The number of hydrogen-bond acceptors (Lipinski definition) is 4. The van der Waals surface area contributed by atoms with E-state index >= 15 is 0 Å². The third kappa shape index (κ3) is 2.48. The van der Waals surface area contributed by atoms with E-state index < -0.39 is 0 Å². The summed E-state index contributed by atoms with van der Waals surface area (Å²) in [6.45, 7) is 0. The van der Waals surface area contributed by atoms with Crippen molar-refractivity contribution in [3.8, 4) is 11.6 Å². The predicted octanol–water partition coefficient (Wildman–Crippen LogP) is 4.53. The van der Waals surface area contributed by atoms with Crippen LogP contribution in [0.2, 0.25) is 0 Å². The summed E-state index contributed by atoms with van der Waals surface area (Å²) < 4.78 is 7.50. The average molecular weight is 395 g/mol. The fraction of sp³-hybridized carbons (Fsp3) is 0. The van der Waals surface area contributed by atoms with E-state index in [0.29, 0.717) is 17.3 Å². The van der Waals surface area contributed by atoms with Crippen molar-refractivity contribution in [3.63, 3.8) is 0 Å². The van der Waals surface area contributed by atoms with Gasteiger partial charge in [0.15, 0.2) is 0 Å². The molecule has 0 bridgehead atoms. The van der Waals surface area contributed by atoms with Crippen LogP contribution in [-0.4, -0.2) is 9.97 Å². The Balaban J connectivity index is 2.09. The summed E-state index contributed by atoms with van der Waals surface area (Å²) in [5, 5.41) is 0.851. The number of anilines is 1. The quantitative estimate of drug-likeness (QED) is 0.648. The van der Waals surface area contributed by atoms with Crippen molar-refractivity contribution >= 4 is 48.5 Å². The van der Waals surface area contributed by atoms with E-state index in [2.05, 4.69) is 41.8 Å². The van der Waals surface area contributed by atoms with Gasteiger partial charge >= 0.3 is 0 Å². The highest BCUT2D eigenvalue weighted by Crippen LogP contribution is 2.34. The fourth-order valence-electron chi connectivity index (χ4n) is 1.84. The summed E-state index contributed by atoms with van der Waals surface area (Å²) in [6, 6.07) is 9.23. The Kier molecular flexibility index (Phi) is 3.58. The first-order valence-electron chi connectivity index (χ1n) is 5.77. The molecule has 0 saturated carbocycles. The molecule has 2 heterocycles. The summed E-state index contributed by atoms with van der Waals surface area (Å²) >= 11 is 6.78. The van der Waals surface area contributed by atoms with Crippen LogP contribution in [0.25, 0.3) is 10.9 Å². The molecule has 0 saturated heterocycles. The van der Waals surface area contributed by atoms with Gasteiger partial charge in [-0.25, -0.2) is 4.98 Å². The molecule has 2 aromatic heterocycles. The second-order valence-electron chi connectivity index (χ2n) is 4.10. The van der Waals surface area contributed by atoms with Crippen molar-refractivity contribution in [1.82, 2.24) is 9.97 Å². The number of nitrogens with two attached hydrogens (primary N) is 1. The molecule has 0 amide bonds. The number of hydrogen-bond donors (Lipinski definition) is 1. The lowest BCUT2D eigenvalue weighted by Crippen LogP contribution is -1.94. The number of nitrogen functional groups attached to an aromatic ring is 1. The third-order valence-electron chi connectivity index (χ3n) is 2.74. The minimum Gasteiger partial charge on any atom is -0.437 e. The van der Waals surface area contributed by atoms with E-state index in [9.17, 15) is 0 Å². The van der Waals surface area contributed by atoms with E-state index in [1.165, 1.54) is 0 Å². The first kappa shape index (κ1) is 13.3. The Labute approximate surface area is 132 Å². The van der Waals surface area contributed by atoms with Gasteiger partial charge in [-0.3, -0.25) is 4.98 Å². The summed E-state index contributed by atoms with van der Waals surface area (Å²) in [5.41, 5.74) is 7.26. The van der Waals surface area contributed by atoms with Gasteiger partial charge in [0, 0.05) is 22.3 Å². The van der Waals surface area contributed by atoms with Crippen LogP contribution in [0.5, 0.6) is 11.6 Å². The lowest BCUT2D eigenvalue weighted by molar-refractivity contribution is 0.464. The molecule has 0 radical (unpaired) electrons. The Morgan fingerprint density at radius 3 is 2.75 bits per heavy atom. The van der Waals surface area contributed by atoms with E-state index in [1.807, 2.05) is 24.3 Å². The smallest absolute Gasteiger partial charge is 0.233 e. The van der Waals surface area contributed by atoms with Crippen LogP contribution in [0, 0.1) is 0 Å². The Bertz CT molecular complexity index is 792. The number of fused-ring (bicyclic) bond motifs is 1. The molecular formula is C14H9Br2N3O.